The standard InChI is InChI=1S/C12H22F3NO/c1-5-9-11(6-2,12(13,14)15)10(17)16(7-3)8-4/h5-9H2,1-4H3. The van der Waals surface area contributed by atoms with E-state index < -0.39 is 17.5 Å². The predicted molar refractivity (Wildman–Crippen MR) is 61.6 cm³/mol. The minimum absolute atomic E-state index is 0.137. The number of rotatable bonds is 6. The van der Waals surface area contributed by atoms with Crippen LogP contribution < -0.4 is 0 Å². The van der Waals surface area contributed by atoms with Crippen LogP contribution in [0.5, 0.6) is 0 Å². The van der Waals surface area contributed by atoms with E-state index in [1.807, 2.05) is 0 Å². The number of nitrogens with zero attached hydrogens (tertiary/aromatic N) is 1. The summed E-state index contributed by atoms with van der Waals surface area (Å²) < 4.78 is 39.6. The van der Waals surface area contributed by atoms with Gasteiger partial charge in [-0.05, 0) is 26.7 Å². The summed E-state index contributed by atoms with van der Waals surface area (Å²) in [5.41, 5.74) is -2.20. The molecule has 0 aliphatic rings. The molecule has 0 aromatic rings. The normalized spacial score (nSPS) is 15.5. The highest BCUT2D eigenvalue weighted by molar-refractivity contribution is 5.83. The Kier molecular flexibility index (Phi) is 5.99. The third kappa shape index (κ3) is 3.13. The summed E-state index contributed by atoms with van der Waals surface area (Å²) in [6.07, 6.45) is -4.46. The molecule has 0 N–H and O–H groups in total. The summed E-state index contributed by atoms with van der Waals surface area (Å²) in [6.45, 7) is 7.14. The second-order valence-corrected chi connectivity index (χ2v) is 4.16. The van der Waals surface area contributed by atoms with Crippen molar-refractivity contribution in [1.29, 1.82) is 0 Å². The fourth-order valence-corrected chi connectivity index (χ4v) is 2.14. The van der Waals surface area contributed by atoms with Crippen molar-refractivity contribution in [3.8, 4) is 0 Å². The van der Waals surface area contributed by atoms with Crippen molar-refractivity contribution in [1.82, 2.24) is 4.90 Å². The van der Waals surface area contributed by atoms with E-state index in [4.69, 9.17) is 0 Å². The van der Waals surface area contributed by atoms with E-state index in [-0.39, 0.29) is 12.8 Å². The number of alkyl halides is 3. The highest BCUT2D eigenvalue weighted by atomic mass is 19.4. The lowest BCUT2D eigenvalue weighted by Crippen LogP contribution is -2.52. The summed E-state index contributed by atoms with van der Waals surface area (Å²) in [4.78, 5) is 13.4. The molecule has 5 heteroatoms. The average molecular weight is 253 g/mol. The van der Waals surface area contributed by atoms with Crippen LogP contribution in [0.3, 0.4) is 0 Å². The Balaban J connectivity index is 5.37. The molecule has 0 saturated heterocycles. The first kappa shape index (κ1) is 16.3. The molecule has 0 aromatic heterocycles. The highest BCUT2D eigenvalue weighted by Gasteiger charge is 2.58. The van der Waals surface area contributed by atoms with Gasteiger partial charge in [0.15, 0.2) is 0 Å². The minimum Gasteiger partial charge on any atom is -0.342 e. The predicted octanol–water partition coefficient (Wildman–Crippen LogP) is 3.61. The van der Waals surface area contributed by atoms with Gasteiger partial charge in [0.25, 0.3) is 0 Å². The topological polar surface area (TPSA) is 20.3 Å². The van der Waals surface area contributed by atoms with Crippen molar-refractivity contribution in [3.63, 3.8) is 0 Å². The van der Waals surface area contributed by atoms with Gasteiger partial charge >= 0.3 is 6.18 Å². The van der Waals surface area contributed by atoms with E-state index in [2.05, 4.69) is 0 Å². The van der Waals surface area contributed by atoms with Crippen LogP contribution in [0, 0.1) is 5.41 Å². The summed E-state index contributed by atoms with van der Waals surface area (Å²) >= 11 is 0. The van der Waals surface area contributed by atoms with Crippen LogP contribution in [0.1, 0.15) is 47.0 Å². The maximum atomic E-state index is 13.2. The van der Waals surface area contributed by atoms with E-state index >= 15 is 0 Å². The number of carbonyl (C=O) groups excluding carboxylic acids is 1. The van der Waals surface area contributed by atoms with Gasteiger partial charge in [0.05, 0.1) is 0 Å². The van der Waals surface area contributed by atoms with Crippen LogP contribution in [0.25, 0.3) is 0 Å². The Morgan fingerprint density at radius 3 is 1.76 bits per heavy atom. The van der Waals surface area contributed by atoms with Gasteiger partial charge in [0.1, 0.15) is 5.41 Å². The summed E-state index contributed by atoms with van der Waals surface area (Å²) in [7, 11) is 0. The molecule has 2 nitrogen and oxygen atoms in total. The lowest BCUT2D eigenvalue weighted by Gasteiger charge is -2.37. The number of hydrogen-bond donors (Lipinski definition) is 0. The number of amides is 1. The third-order valence-electron chi connectivity index (χ3n) is 3.28. The first-order valence-corrected chi connectivity index (χ1v) is 6.16. The van der Waals surface area contributed by atoms with Gasteiger partial charge in [-0.25, -0.2) is 0 Å². The molecule has 1 amide bonds. The van der Waals surface area contributed by atoms with Crippen molar-refractivity contribution >= 4 is 5.91 Å². The molecule has 102 valence electrons. The van der Waals surface area contributed by atoms with E-state index in [1.165, 1.54) is 11.8 Å². The molecule has 0 radical (unpaired) electrons. The first-order chi connectivity index (χ1) is 7.80. The molecule has 0 spiro atoms. The van der Waals surface area contributed by atoms with E-state index in [9.17, 15) is 18.0 Å². The quantitative estimate of drug-likeness (QED) is 0.708. The molecular weight excluding hydrogens is 231 g/mol. The second kappa shape index (κ2) is 6.26. The largest absolute Gasteiger partial charge is 0.403 e. The Morgan fingerprint density at radius 2 is 1.53 bits per heavy atom. The maximum absolute atomic E-state index is 13.2. The monoisotopic (exact) mass is 253 g/mol. The van der Waals surface area contributed by atoms with Crippen molar-refractivity contribution < 1.29 is 18.0 Å². The number of halogens is 3. The van der Waals surface area contributed by atoms with Crippen LogP contribution in [0.15, 0.2) is 0 Å². The van der Waals surface area contributed by atoms with E-state index in [0.29, 0.717) is 19.5 Å². The summed E-state index contributed by atoms with van der Waals surface area (Å²) in [5, 5.41) is 0. The van der Waals surface area contributed by atoms with Gasteiger partial charge in [-0.1, -0.05) is 20.3 Å². The molecule has 0 bridgehead atoms. The van der Waals surface area contributed by atoms with Crippen molar-refractivity contribution in [2.75, 3.05) is 13.1 Å². The zero-order valence-corrected chi connectivity index (χ0v) is 11.0. The van der Waals surface area contributed by atoms with Crippen LogP contribution in [0.2, 0.25) is 0 Å². The minimum atomic E-state index is -4.47. The van der Waals surface area contributed by atoms with Crippen molar-refractivity contribution in [3.05, 3.63) is 0 Å². The summed E-state index contributed by atoms with van der Waals surface area (Å²) in [6, 6.07) is 0. The molecule has 0 rings (SSSR count). The molecule has 1 atom stereocenters. The number of hydrogen-bond acceptors (Lipinski definition) is 1. The Labute approximate surface area is 101 Å². The Bertz CT molecular complexity index is 249. The Hall–Kier alpha value is -0.740. The first-order valence-electron chi connectivity index (χ1n) is 6.16. The van der Waals surface area contributed by atoms with Crippen LogP contribution >= 0.6 is 0 Å². The molecule has 1 unspecified atom stereocenters. The highest BCUT2D eigenvalue weighted by Crippen LogP contribution is 2.46. The third-order valence-corrected chi connectivity index (χ3v) is 3.28. The van der Waals surface area contributed by atoms with Gasteiger partial charge in [0, 0.05) is 13.1 Å². The molecule has 0 aliphatic heterocycles. The van der Waals surface area contributed by atoms with Gasteiger partial charge < -0.3 is 4.90 Å². The van der Waals surface area contributed by atoms with Crippen LogP contribution in [-0.2, 0) is 4.79 Å². The second-order valence-electron chi connectivity index (χ2n) is 4.16. The fraction of sp³-hybridized carbons (Fsp3) is 0.917. The van der Waals surface area contributed by atoms with E-state index in [1.54, 1.807) is 20.8 Å². The molecule has 0 saturated carbocycles. The molecule has 0 aliphatic carbocycles. The van der Waals surface area contributed by atoms with Crippen LogP contribution in [0.4, 0.5) is 13.2 Å². The number of carbonyl (C=O) groups is 1. The molecule has 0 aromatic carbocycles. The lowest BCUT2D eigenvalue weighted by molar-refractivity contribution is -0.230. The molecule has 17 heavy (non-hydrogen) atoms. The van der Waals surface area contributed by atoms with Crippen molar-refractivity contribution in [2.45, 2.75) is 53.1 Å². The zero-order valence-electron chi connectivity index (χ0n) is 11.0. The van der Waals surface area contributed by atoms with Crippen molar-refractivity contribution in [2.24, 2.45) is 5.41 Å². The van der Waals surface area contributed by atoms with Gasteiger partial charge in [-0.15, -0.1) is 0 Å². The smallest absolute Gasteiger partial charge is 0.342 e. The van der Waals surface area contributed by atoms with Gasteiger partial charge in [0.2, 0.25) is 5.91 Å². The SMILES string of the molecule is CCCC(CC)(C(=O)N(CC)CC)C(F)(F)F. The summed E-state index contributed by atoms with van der Waals surface area (Å²) in [5.74, 6) is -0.778. The zero-order chi connectivity index (χ0) is 13.7. The lowest BCUT2D eigenvalue weighted by atomic mass is 9.78. The molecule has 0 fully saturated rings. The molecule has 0 heterocycles. The van der Waals surface area contributed by atoms with Gasteiger partial charge in [-0.2, -0.15) is 13.2 Å². The average Bonchev–Trinajstić information content (AvgIpc) is 2.25. The van der Waals surface area contributed by atoms with Gasteiger partial charge in [-0.3, -0.25) is 4.79 Å². The molecular formula is C12H22F3NO. The Morgan fingerprint density at radius 1 is 1.06 bits per heavy atom. The van der Waals surface area contributed by atoms with Crippen LogP contribution in [-0.4, -0.2) is 30.1 Å². The van der Waals surface area contributed by atoms with E-state index in [0.717, 1.165) is 0 Å². The maximum Gasteiger partial charge on any atom is 0.403 e. The fourth-order valence-electron chi connectivity index (χ4n) is 2.14.